The van der Waals surface area contributed by atoms with Gasteiger partial charge in [0.2, 0.25) is 5.82 Å². The molecule has 0 saturated heterocycles. The number of hydrogen-bond acceptors (Lipinski definition) is 6. The van der Waals surface area contributed by atoms with Gasteiger partial charge < -0.3 is 13.9 Å². The molecule has 4 aromatic carbocycles. The zero-order valence-electron chi connectivity index (χ0n) is 22.8. The SMILES string of the molecule is CCOc1cc(C=Nn2c(-c3cc4cc(Cl)ccc4o3)nc3ccccc3c2=O)c(Br)c(Br)c1OCc1ccc(Cl)c(Cl)c1. The van der Waals surface area contributed by atoms with Crippen LogP contribution in [-0.2, 0) is 6.61 Å². The van der Waals surface area contributed by atoms with Gasteiger partial charge in [0.25, 0.3) is 5.56 Å². The van der Waals surface area contributed by atoms with Crippen molar-refractivity contribution in [2.24, 2.45) is 5.10 Å². The number of para-hydroxylation sites is 1. The number of halogens is 5. The topological polar surface area (TPSA) is 78.9 Å². The largest absolute Gasteiger partial charge is 0.490 e. The van der Waals surface area contributed by atoms with Gasteiger partial charge in [0.1, 0.15) is 12.2 Å². The zero-order chi connectivity index (χ0) is 31.0. The summed E-state index contributed by atoms with van der Waals surface area (Å²) in [5, 5.41) is 7.24. The molecule has 0 amide bonds. The summed E-state index contributed by atoms with van der Waals surface area (Å²) < 4.78 is 20.6. The summed E-state index contributed by atoms with van der Waals surface area (Å²) in [7, 11) is 0. The van der Waals surface area contributed by atoms with Crippen LogP contribution in [0.3, 0.4) is 0 Å². The molecule has 0 unspecified atom stereocenters. The Bertz CT molecular complexity index is 2150. The third-order valence-electron chi connectivity index (χ3n) is 6.59. The van der Waals surface area contributed by atoms with Crippen molar-refractivity contribution in [3.05, 3.63) is 118 Å². The van der Waals surface area contributed by atoms with Crippen LogP contribution in [0.5, 0.6) is 11.5 Å². The molecule has 6 aromatic rings. The highest BCUT2D eigenvalue weighted by Crippen LogP contribution is 2.43. The molecule has 7 nitrogen and oxygen atoms in total. The van der Waals surface area contributed by atoms with Crippen LogP contribution in [0.1, 0.15) is 18.1 Å². The van der Waals surface area contributed by atoms with Crippen LogP contribution in [0.15, 0.2) is 96.1 Å². The van der Waals surface area contributed by atoms with Crippen LogP contribution >= 0.6 is 66.7 Å². The minimum Gasteiger partial charge on any atom is -0.490 e. The Morgan fingerprint density at radius 1 is 0.955 bits per heavy atom. The van der Waals surface area contributed by atoms with Gasteiger partial charge in [0, 0.05) is 20.4 Å². The Morgan fingerprint density at radius 3 is 2.57 bits per heavy atom. The Hall–Kier alpha value is -3.34. The zero-order valence-corrected chi connectivity index (χ0v) is 28.2. The Kier molecular flexibility index (Phi) is 9.03. The van der Waals surface area contributed by atoms with E-state index in [9.17, 15) is 4.79 Å². The lowest BCUT2D eigenvalue weighted by Crippen LogP contribution is -2.20. The number of furan rings is 1. The van der Waals surface area contributed by atoms with E-state index in [0.29, 0.717) is 69.9 Å². The molecule has 6 rings (SSSR count). The van der Waals surface area contributed by atoms with Crippen molar-refractivity contribution in [1.82, 2.24) is 9.66 Å². The number of rotatable bonds is 8. The highest BCUT2D eigenvalue weighted by molar-refractivity contribution is 9.13. The lowest BCUT2D eigenvalue weighted by molar-refractivity contribution is 0.267. The molecule has 44 heavy (non-hydrogen) atoms. The third-order valence-corrected chi connectivity index (χ3v) is 9.70. The molecule has 12 heteroatoms. The monoisotopic (exact) mass is 773 g/mol. The van der Waals surface area contributed by atoms with Gasteiger partial charge in [0.05, 0.1) is 38.2 Å². The Balaban J connectivity index is 1.42. The second-order valence-corrected chi connectivity index (χ2v) is 12.3. The number of fused-ring (bicyclic) bond motifs is 2. The highest BCUT2D eigenvalue weighted by Gasteiger charge is 2.19. The van der Waals surface area contributed by atoms with Crippen molar-refractivity contribution < 1.29 is 13.9 Å². The summed E-state index contributed by atoms with van der Waals surface area (Å²) in [5.74, 6) is 1.55. The van der Waals surface area contributed by atoms with Crippen molar-refractivity contribution in [3.8, 4) is 23.1 Å². The molecule has 0 saturated carbocycles. The van der Waals surface area contributed by atoms with Crippen molar-refractivity contribution in [3.63, 3.8) is 0 Å². The van der Waals surface area contributed by atoms with E-state index in [2.05, 4.69) is 37.0 Å². The first-order valence-electron chi connectivity index (χ1n) is 13.2. The molecule has 0 atom stereocenters. The summed E-state index contributed by atoms with van der Waals surface area (Å²) in [4.78, 5) is 18.5. The van der Waals surface area contributed by atoms with E-state index in [-0.39, 0.29) is 18.0 Å². The van der Waals surface area contributed by atoms with Crippen molar-refractivity contribution in [1.29, 1.82) is 0 Å². The predicted molar refractivity (Wildman–Crippen MR) is 183 cm³/mol. The second-order valence-electron chi connectivity index (χ2n) is 9.50. The third kappa shape index (κ3) is 6.12. The maximum absolute atomic E-state index is 13.7. The molecule has 0 radical (unpaired) electrons. The molecule has 0 N–H and O–H groups in total. The van der Waals surface area contributed by atoms with Gasteiger partial charge in [-0.2, -0.15) is 9.78 Å². The number of hydrogen-bond donors (Lipinski definition) is 0. The van der Waals surface area contributed by atoms with Crippen LogP contribution in [-0.4, -0.2) is 22.5 Å². The molecular formula is C32H20Br2Cl3N3O4. The molecular weight excluding hydrogens is 757 g/mol. The van der Waals surface area contributed by atoms with Crippen molar-refractivity contribution in [2.45, 2.75) is 13.5 Å². The van der Waals surface area contributed by atoms with E-state index >= 15 is 0 Å². The van der Waals surface area contributed by atoms with Crippen LogP contribution < -0.4 is 15.0 Å². The first-order valence-corrected chi connectivity index (χ1v) is 15.9. The molecule has 222 valence electrons. The summed E-state index contributed by atoms with van der Waals surface area (Å²) in [6.45, 7) is 2.49. The van der Waals surface area contributed by atoms with Gasteiger partial charge in [-0.15, -0.1) is 0 Å². The fourth-order valence-corrected chi connectivity index (χ4v) is 5.95. The van der Waals surface area contributed by atoms with E-state index in [1.807, 2.05) is 19.1 Å². The molecule has 2 heterocycles. The fraction of sp³-hybridized carbons (Fsp3) is 0.0938. The average Bonchev–Trinajstić information content (AvgIpc) is 3.43. The van der Waals surface area contributed by atoms with E-state index in [1.165, 1.54) is 4.68 Å². The smallest absolute Gasteiger partial charge is 0.282 e. The average molecular weight is 777 g/mol. The van der Waals surface area contributed by atoms with Gasteiger partial charge in [-0.3, -0.25) is 4.79 Å². The van der Waals surface area contributed by atoms with Crippen molar-refractivity contribution >= 4 is 94.7 Å². The van der Waals surface area contributed by atoms with Crippen LogP contribution in [0.25, 0.3) is 33.5 Å². The maximum Gasteiger partial charge on any atom is 0.282 e. The van der Waals surface area contributed by atoms with Crippen LogP contribution in [0.2, 0.25) is 15.1 Å². The van der Waals surface area contributed by atoms with Crippen molar-refractivity contribution in [2.75, 3.05) is 6.61 Å². The second kappa shape index (κ2) is 12.9. The molecule has 0 aliphatic rings. The molecule has 0 aliphatic heterocycles. The maximum atomic E-state index is 13.7. The first kappa shape index (κ1) is 30.7. The van der Waals surface area contributed by atoms with Gasteiger partial charge in [-0.05, 0) is 98.9 Å². The summed E-state index contributed by atoms with van der Waals surface area (Å²) >= 11 is 25.7. The molecule has 0 bridgehead atoms. The van der Waals surface area contributed by atoms with E-state index in [0.717, 1.165) is 10.9 Å². The van der Waals surface area contributed by atoms with Gasteiger partial charge in [-0.1, -0.05) is 53.0 Å². The molecule has 0 spiro atoms. The quantitative estimate of drug-likeness (QED) is 0.144. The van der Waals surface area contributed by atoms with Gasteiger partial charge in [0.15, 0.2) is 17.3 Å². The molecule has 0 fully saturated rings. The Morgan fingerprint density at radius 2 is 1.77 bits per heavy atom. The summed E-state index contributed by atoms with van der Waals surface area (Å²) in [6.07, 6.45) is 1.54. The van der Waals surface area contributed by atoms with Gasteiger partial charge >= 0.3 is 0 Å². The first-order chi connectivity index (χ1) is 21.2. The summed E-state index contributed by atoms with van der Waals surface area (Å²) in [6, 6.07) is 21.2. The van der Waals surface area contributed by atoms with Crippen LogP contribution in [0, 0.1) is 0 Å². The highest BCUT2D eigenvalue weighted by atomic mass is 79.9. The summed E-state index contributed by atoms with van der Waals surface area (Å²) in [5.41, 5.74) is 2.21. The number of ether oxygens (including phenoxy) is 2. The van der Waals surface area contributed by atoms with Gasteiger partial charge in [-0.25, -0.2) is 4.98 Å². The minimum atomic E-state index is -0.359. The molecule has 2 aromatic heterocycles. The number of aromatic nitrogens is 2. The fourth-order valence-electron chi connectivity index (χ4n) is 4.52. The van der Waals surface area contributed by atoms with E-state index in [1.54, 1.807) is 66.9 Å². The predicted octanol–water partition coefficient (Wildman–Crippen LogP) is 10.2. The minimum absolute atomic E-state index is 0.222. The van der Waals surface area contributed by atoms with Crippen LogP contribution in [0.4, 0.5) is 0 Å². The lowest BCUT2D eigenvalue weighted by Gasteiger charge is -2.16. The molecule has 0 aliphatic carbocycles. The number of nitrogens with zero attached hydrogens (tertiary/aromatic N) is 3. The standard InChI is InChI=1S/C32H20Br2Cl3N3O4/c1-2-42-26-14-19(28(33)29(34)30(26)43-16-17-7-9-22(36)23(37)11-17)15-38-40-31(39-24-6-4-3-5-21(24)32(40)41)27-13-18-12-20(35)8-10-25(18)44-27/h3-15H,2,16H2,1H3. The van der Waals surface area contributed by atoms with E-state index < -0.39 is 0 Å². The lowest BCUT2D eigenvalue weighted by atomic mass is 10.2. The normalized spacial score (nSPS) is 11.6. The van der Waals surface area contributed by atoms with E-state index in [4.69, 9.17) is 53.7 Å². The number of benzene rings is 4. The Labute approximate surface area is 283 Å².